The van der Waals surface area contributed by atoms with Crippen LogP contribution in [0.1, 0.15) is 17.9 Å². The van der Waals surface area contributed by atoms with Crippen molar-refractivity contribution in [1.82, 2.24) is 20.1 Å². The summed E-state index contributed by atoms with van der Waals surface area (Å²) < 4.78 is 91.4. The highest BCUT2D eigenvalue weighted by Gasteiger charge is 2.42. The Morgan fingerprint density at radius 3 is 2.55 bits per heavy atom. The van der Waals surface area contributed by atoms with Gasteiger partial charge >= 0.3 is 18.6 Å². The van der Waals surface area contributed by atoms with E-state index in [1.165, 1.54) is 19.2 Å². The lowest BCUT2D eigenvalue weighted by molar-refractivity contribution is -0.174. The summed E-state index contributed by atoms with van der Waals surface area (Å²) >= 11 is 0. The lowest BCUT2D eigenvalue weighted by Gasteiger charge is -2.35. The monoisotopic (exact) mass is 468 g/mol. The van der Waals surface area contributed by atoms with E-state index in [0.29, 0.717) is 11.9 Å². The number of aromatic nitrogens is 3. The molecule has 1 atom stereocenters. The van der Waals surface area contributed by atoms with E-state index in [2.05, 4.69) is 15.4 Å². The van der Waals surface area contributed by atoms with Gasteiger partial charge in [-0.2, -0.15) is 27.1 Å². The van der Waals surface area contributed by atoms with Crippen LogP contribution in [0.15, 0.2) is 23.4 Å². The van der Waals surface area contributed by atoms with Crippen molar-refractivity contribution in [3.63, 3.8) is 0 Å². The molecule has 0 saturated heterocycles. The zero-order valence-electron chi connectivity index (χ0n) is 16.1. The lowest BCUT2D eigenvalue weighted by atomic mass is 10.0. The Hall–Kier alpha value is -2.97. The van der Waals surface area contributed by atoms with Crippen molar-refractivity contribution >= 4 is 27.3 Å². The molecule has 9 nitrogen and oxygen atoms in total. The number of fused-ring (bicyclic) bond motifs is 1. The van der Waals surface area contributed by atoms with Crippen LogP contribution >= 0.6 is 0 Å². The molecule has 15 heteroatoms. The van der Waals surface area contributed by atoms with Crippen LogP contribution in [-0.4, -0.2) is 54.9 Å². The van der Waals surface area contributed by atoms with E-state index in [1.807, 2.05) is 0 Å². The quantitative estimate of drug-likeness (QED) is 0.648. The number of carbonyl (C=O) groups excluding carboxylic acids is 1. The molecule has 0 radical (unpaired) electrons. The number of hydrogen-bond donors (Lipinski definition) is 2. The fourth-order valence-corrected chi connectivity index (χ4v) is 4.80. The van der Waals surface area contributed by atoms with Crippen LogP contribution in [-0.2, 0) is 21.2 Å². The first-order chi connectivity index (χ1) is 14.3. The number of halogens is 5. The maximum atomic E-state index is 13.3. The van der Waals surface area contributed by atoms with Crippen molar-refractivity contribution < 1.29 is 35.2 Å². The summed E-state index contributed by atoms with van der Waals surface area (Å²) in [5.41, 5.74) is 0.353. The highest BCUT2D eigenvalue weighted by atomic mass is 32.2. The Morgan fingerprint density at radius 1 is 1.32 bits per heavy atom. The largest absolute Gasteiger partial charge is 0.471 e. The van der Waals surface area contributed by atoms with Gasteiger partial charge in [0.2, 0.25) is 0 Å². The van der Waals surface area contributed by atoms with Gasteiger partial charge in [0.1, 0.15) is 4.90 Å². The van der Waals surface area contributed by atoms with Gasteiger partial charge in [-0.15, -0.1) is 0 Å². The third-order valence-corrected chi connectivity index (χ3v) is 6.45. The second-order valence-corrected chi connectivity index (χ2v) is 8.52. The highest BCUT2D eigenvalue weighted by molar-refractivity contribution is 7.92. The first-order valence-corrected chi connectivity index (χ1v) is 10.2. The summed E-state index contributed by atoms with van der Waals surface area (Å²) in [7, 11) is -2.98. The molecule has 170 valence electrons. The van der Waals surface area contributed by atoms with Gasteiger partial charge in [0.15, 0.2) is 0 Å². The number of hydrogen-bond acceptors (Lipinski definition) is 6. The molecule has 2 aromatic rings. The predicted molar refractivity (Wildman–Crippen MR) is 98.2 cm³/mol. The van der Waals surface area contributed by atoms with Crippen LogP contribution in [0.4, 0.5) is 33.3 Å². The number of alkyl halides is 5. The fraction of sp³-hybridized carbons (Fsp3) is 0.438. The van der Waals surface area contributed by atoms with E-state index in [0.717, 1.165) is 4.31 Å². The van der Waals surface area contributed by atoms with Crippen LogP contribution in [0.2, 0.25) is 0 Å². The second-order valence-electron chi connectivity index (χ2n) is 6.68. The van der Waals surface area contributed by atoms with Gasteiger partial charge in [0.25, 0.3) is 10.0 Å². The van der Waals surface area contributed by atoms with Crippen molar-refractivity contribution in [2.75, 3.05) is 23.2 Å². The normalized spacial score (nSPS) is 16.9. The second kappa shape index (κ2) is 7.94. The number of aryl methyl sites for hydroxylation is 1. The molecule has 0 aromatic carbocycles. The molecule has 1 aliphatic rings. The van der Waals surface area contributed by atoms with Crippen LogP contribution in [0.5, 0.6) is 0 Å². The summed E-state index contributed by atoms with van der Waals surface area (Å²) in [4.78, 5) is 14.9. The van der Waals surface area contributed by atoms with E-state index >= 15 is 0 Å². The smallest absolute Gasteiger partial charge is 0.387 e. The van der Waals surface area contributed by atoms with E-state index in [9.17, 15) is 35.2 Å². The Kier molecular flexibility index (Phi) is 5.82. The highest BCUT2D eigenvalue weighted by Crippen LogP contribution is 2.34. The van der Waals surface area contributed by atoms with Crippen LogP contribution in [0.25, 0.3) is 0 Å². The molecule has 1 amide bonds. The van der Waals surface area contributed by atoms with Crippen LogP contribution < -0.4 is 14.9 Å². The number of carbonyl (C=O) groups is 1. The average Bonchev–Trinajstić information content (AvgIpc) is 3.09. The molecular formula is C16H17F5N6O3S. The molecule has 0 bridgehead atoms. The molecule has 0 saturated carbocycles. The molecular weight excluding hydrogens is 451 g/mol. The van der Waals surface area contributed by atoms with Crippen LogP contribution in [0, 0.1) is 6.92 Å². The van der Waals surface area contributed by atoms with Crippen molar-refractivity contribution in [3.05, 3.63) is 29.8 Å². The zero-order valence-corrected chi connectivity index (χ0v) is 16.9. The van der Waals surface area contributed by atoms with Crippen molar-refractivity contribution in [2.45, 2.75) is 37.0 Å². The molecule has 3 heterocycles. The van der Waals surface area contributed by atoms with Gasteiger partial charge in [-0.05, 0) is 13.0 Å². The standard InChI is InChI=1S/C16H17F5N6O3S/c1-8-13(7-26(25-8)15(17)18)31(29,30)27-6-10(24-14(28)16(19,20)21)3-11-12(27)4-9(22-2)5-23-11/h4-5,7,10,15,22H,3,6H2,1-2H3,(H,24,28). The summed E-state index contributed by atoms with van der Waals surface area (Å²) in [6, 6.07) is 0.156. The van der Waals surface area contributed by atoms with E-state index in [4.69, 9.17) is 0 Å². The molecule has 1 aliphatic heterocycles. The number of pyridine rings is 1. The summed E-state index contributed by atoms with van der Waals surface area (Å²) in [5, 5.41) is 7.99. The summed E-state index contributed by atoms with van der Waals surface area (Å²) in [6.07, 6.45) is -3.34. The Balaban J connectivity index is 2.07. The van der Waals surface area contributed by atoms with E-state index < -0.39 is 46.1 Å². The Bertz CT molecular complexity index is 1100. The minimum absolute atomic E-state index is 0.0496. The SMILES string of the molecule is CNc1cnc2c(c1)N(S(=O)(=O)c1cn(C(F)F)nc1C)CC(NC(=O)C(F)(F)F)C2. The van der Waals surface area contributed by atoms with Gasteiger partial charge < -0.3 is 10.6 Å². The fourth-order valence-electron chi connectivity index (χ4n) is 3.12. The summed E-state index contributed by atoms with van der Waals surface area (Å²) in [6.45, 7) is -2.44. The number of rotatable bonds is 5. The molecule has 0 fully saturated rings. The van der Waals surface area contributed by atoms with Crippen molar-refractivity contribution in [3.8, 4) is 0 Å². The molecule has 3 rings (SSSR count). The van der Waals surface area contributed by atoms with Crippen molar-refractivity contribution in [1.29, 1.82) is 0 Å². The topological polar surface area (TPSA) is 109 Å². The van der Waals surface area contributed by atoms with Crippen LogP contribution in [0.3, 0.4) is 0 Å². The lowest BCUT2D eigenvalue weighted by Crippen LogP contribution is -2.53. The van der Waals surface area contributed by atoms with Gasteiger partial charge in [-0.1, -0.05) is 0 Å². The molecule has 31 heavy (non-hydrogen) atoms. The Labute approximate surface area is 173 Å². The number of nitrogens with one attached hydrogen (secondary N) is 2. The number of nitrogens with zero attached hydrogens (tertiary/aromatic N) is 4. The maximum Gasteiger partial charge on any atom is 0.471 e. The third kappa shape index (κ3) is 4.40. The number of anilines is 2. The van der Waals surface area contributed by atoms with Crippen molar-refractivity contribution in [2.24, 2.45) is 0 Å². The van der Waals surface area contributed by atoms with E-state index in [-0.39, 0.29) is 28.2 Å². The van der Waals surface area contributed by atoms with Gasteiger partial charge in [0.05, 0.1) is 47.7 Å². The van der Waals surface area contributed by atoms with Gasteiger partial charge in [-0.25, -0.2) is 13.1 Å². The minimum Gasteiger partial charge on any atom is -0.387 e. The zero-order chi connectivity index (χ0) is 23.1. The van der Waals surface area contributed by atoms with Gasteiger partial charge in [-0.3, -0.25) is 14.1 Å². The number of sulfonamides is 1. The first kappa shape index (κ1) is 22.7. The summed E-state index contributed by atoms with van der Waals surface area (Å²) in [5.74, 6) is -2.23. The molecule has 0 aliphatic carbocycles. The third-order valence-electron chi connectivity index (χ3n) is 4.56. The minimum atomic E-state index is -5.16. The number of amides is 1. The average molecular weight is 468 g/mol. The Morgan fingerprint density at radius 2 is 2.00 bits per heavy atom. The molecule has 2 aromatic heterocycles. The molecule has 2 N–H and O–H groups in total. The molecule has 1 unspecified atom stereocenters. The predicted octanol–water partition coefficient (Wildman–Crippen LogP) is 1.82. The maximum absolute atomic E-state index is 13.3. The molecule has 0 spiro atoms. The van der Waals surface area contributed by atoms with Gasteiger partial charge in [0, 0.05) is 13.5 Å². The first-order valence-electron chi connectivity index (χ1n) is 8.75. The van der Waals surface area contributed by atoms with E-state index in [1.54, 1.807) is 12.4 Å².